The monoisotopic (exact) mass is 368 g/mol. The first-order chi connectivity index (χ1) is 10.6. The summed E-state index contributed by atoms with van der Waals surface area (Å²) in [6.45, 7) is 3.94. The number of nitrogens with one attached hydrogen (secondary N) is 1. The van der Waals surface area contributed by atoms with E-state index < -0.39 is 0 Å². The van der Waals surface area contributed by atoms with Gasteiger partial charge >= 0.3 is 5.97 Å². The number of ether oxygens (including phenoxy) is 1. The number of amides is 1. The van der Waals surface area contributed by atoms with Crippen LogP contribution in [0.15, 0.2) is 28.7 Å². The van der Waals surface area contributed by atoms with Crippen LogP contribution in [0.1, 0.15) is 19.8 Å². The number of benzene rings is 1. The van der Waals surface area contributed by atoms with E-state index in [1.165, 1.54) is 0 Å². The largest absolute Gasteiger partial charge is 0.466 e. The molecule has 1 N–H and O–H groups in total. The zero-order chi connectivity index (χ0) is 15.9. The maximum Gasteiger partial charge on any atom is 0.310 e. The average Bonchev–Trinajstić information content (AvgIpc) is 2.50. The van der Waals surface area contributed by atoms with Gasteiger partial charge in [-0.1, -0.05) is 15.9 Å². The molecule has 2 rings (SSSR count). The predicted octanol–water partition coefficient (Wildman–Crippen LogP) is 2.66. The van der Waals surface area contributed by atoms with E-state index in [4.69, 9.17) is 4.74 Å². The van der Waals surface area contributed by atoms with Gasteiger partial charge in [0.15, 0.2) is 0 Å². The summed E-state index contributed by atoms with van der Waals surface area (Å²) in [6.07, 6.45) is 1.75. The van der Waals surface area contributed by atoms with E-state index in [0.29, 0.717) is 19.7 Å². The molecule has 5 nitrogen and oxygen atoms in total. The number of hydrogen-bond donors (Lipinski definition) is 1. The molecule has 0 aliphatic carbocycles. The van der Waals surface area contributed by atoms with Crippen molar-refractivity contribution in [2.24, 2.45) is 5.92 Å². The van der Waals surface area contributed by atoms with E-state index in [-0.39, 0.29) is 17.8 Å². The van der Waals surface area contributed by atoms with Gasteiger partial charge in [0.05, 0.1) is 19.1 Å². The minimum atomic E-state index is -0.152. The highest BCUT2D eigenvalue weighted by molar-refractivity contribution is 9.10. The Hall–Kier alpha value is -1.40. The van der Waals surface area contributed by atoms with Crippen molar-refractivity contribution in [3.8, 4) is 0 Å². The van der Waals surface area contributed by atoms with Crippen molar-refractivity contribution in [3.05, 3.63) is 28.7 Å². The summed E-state index contributed by atoms with van der Waals surface area (Å²) in [7, 11) is 0. The number of rotatable bonds is 5. The minimum Gasteiger partial charge on any atom is -0.466 e. The van der Waals surface area contributed by atoms with Gasteiger partial charge in [-0.2, -0.15) is 0 Å². The van der Waals surface area contributed by atoms with Crippen molar-refractivity contribution in [1.82, 2.24) is 4.90 Å². The Labute approximate surface area is 139 Å². The van der Waals surface area contributed by atoms with Gasteiger partial charge in [-0.15, -0.1) is 0 Å². The van der Waals surface area contributed by atoms with Gasteiger partial charge in [-0.3, -0.25) is 14.5 Å². The van der Waals surface area contributed by atoms with Crippen LogP contribution in [0.3, 0.4) is 0 Å². The standard InChI is InChI=1S/C16H21BrN2O3/c1-2-22-16(21)12-4-3-9-19(10-12)11-15(20)18-14-7-5-13(17)6-8-14/h5-8,12H,2-4,9-11H2,1H3,(H,18,20)/t12-/m0/s1. The summed E-state index contributed by atoms with van der Waals surface area (Å²) < 4.78 is 6.04. The molecule has 1 fully saturated rings. The van der Waals surface area contributed by atoms with E-state index in [0.717, 1.165) is 29.5 Å². The number of anilines is 1. The van der Waals surface area contributed by atoms with E-state index in [9.17, 15) is 9.59 Å². The van der Waals surface area contributed by atoms with Crippen LogP contribution in [0.5, 0.6) is 0 Å². The van der Waals surface area contributed by atoms with E-state index in [1.807, 2.05) is 36.1 Å². The summed E-state index contributed by atoms with van der Waals surface area (Å²) in [6, 6.07) is 7.46. The molecule has 1 aromatic carbocycles. The Balaban J connectivity index is 1.83. The van der Waals surface area contributed by atoms with Crippen molar-refractivity contribution in [2.45, 2.75) is 19.8 Å². The summed E-state index contributed by atoms with van der Waals surface area (Å²) in [5.41, 5.74) is 0.771. The molecule has 120 valence electrons. The molecule has 1 aliphatic heterocycles. The molecule has 0 unspecified atom stereocenters. The third-order valence-electron chi connectivity index (χ3n) is 3.62. The van der Waals surface area contributed by atoms with Gasteiger partial charge in [0.1, 0.15) is 0 Å². The SMILES string of the molecule is CCOC(=O)[C@H]1CCCN(CC(=O)Nc2ccc(Br)cc2)C1. The van der Waals surface area contributed by atoms with Crippen LogP contribution in [-0.2, 0) is 14.3 Å². The summed E-state index contributed by atoms with van der Waals surface area (Å²) in [5, 5.41) is 2.87. The first-order valence-electron chi connectivity index (χ1n) is 7.53. The maximum absolute atomic E-state index is 12.1. The molecule has 0 spiro atoms. The molecule has 0 bridgehead atoms. The van der Waals surface area contributed by atoms with Crippen LogP contribution in [0, 0.1) is 5.92 Å². The van der Waals surface area contributed by atoms with Crippen molar-refractivity contribution in [1.29, 1.82) is 0 Å². The highest BCUT2D eigenvalue weighted by Gasteiger charge is 2.27. The minimum absolute atomic E-state index is 0.0631. The molecule has 1 amide bonds. The number of carbonyl (C=O) groups excluding carboxylic acids is 2. The van der Waals surface area contributed by atoms with Gasteiger partial charge in [-0.25, -0.2) is 0 Å². The lowest BCUT2D eigenvalue weighted by atomic mass is 9.98. The quantitative estimate of drug-likeness (QED) is 0.811. The Morgan fingerprint density at radius 3 is 2.77 bits per heavy atom. The van der Waals surface area contributed by atoms with Crippen LogP contribution in [0.4, 0.5) is 5.69 Å². The summed E-state index contributed by atoms with van der Waals surface area (Å²) >= 11 is 3.36. The fourth-order valence-corrected chi connectivity index (χ4v) is 2.85. The van der Waals surface area contributed by atoms with Crippen molar-refractivity contribution in [3.63, 3.8) is 0 Å². The second kappa shape index (κ2) is 8.29. The highest BCUT2D eigenvalue weighted by Crippen LogP contribution is 2.18. The van der Waals surface area contributed by atoms with Gasteiger partial charge in [0, 0.05) is 16.7 Å². The van der Waals surface area contributed by atoms with E-state index in [1.54, 1.807) is 0 Å². The van der Waals surface area contributed by atoms with Crippen LogP contribution in [0.2, 0.25) is 0 Å². The molecular formula is C16H21BrN2O3. The highest BCUT2D eigenvalue weighted by atomic mass is 79.9. The first kappa shape index (κ1) is 17.0. The van der Waals surface area contributed by atoms with Crippen molar-refractivity contribution in [2.75, 3.05) is 31.6 Å². The molecule has 1 aliphatic rings. The first-order valence-corrected chi connectivity index (χ1v) is 8.32. The molecule has 0 saturated carbocycles. The van der Waals surface area contributed by atoms with Crippen molar-refractivity contribution >= 4 is 33.5 Å². The number of esters is 1. The lowest BCUT2D eigenvalue weighted by molar-refractivity contribution is -0.150. The molecule has 1 aromatic rings. The van der Waals surface area contributed by atoms with E-state index >= 15 is 0 Å². The van der Waals surface area contributed by atoms with Gasteiger partial charge in [0.2, 0.25) is 5.91 Å². The number of carbonyl (C=O) groups is 2. The molecule has 1 heterocycles. The summed E-state index contributed by atoms with van der Waals surface area (Å²) in [5.74, 6) is -0.332. The van der Waals surface area contributed by atoms with Crippen LogP contribution < -0.4 is 5.32 Å². The Morgan fingerprint density at radius 1 is 1.36 bits per heavy atom. The fraction of sp³-hybridized carbons (Fsp3) is 0.500. The Morgan fingerprint density at radius 2 is 2.09 bits per heavy atom. The maximum atomic E-state index is 12.1. The number of hydrogen-bond acceptors (Lipinski definition) is 4. The Kier molecular flexibility index (Phi) is 6.39. The molecular weight excluding hydrogens is 348 g/mol. The number of halogens is 1. The topological polar surface area (TPSA) is 58.6 Å². The van der Waals surface area contributed by atoms with Gasteiger partial charge in [-0.05, 0) is 50.6 Å². The van der Waals surface area contributed by atoms with Crippen LogP contribution in [0.25, 0.3) is 0 Å². The van der Waals surface area contributed by atoms with Crippen LogP contribution in [-0.4, -0.2) is 43.0 Å². The lowest BCUT2D eigenvalue weighted by Crippen LogP contribution is -2.43. The molecule has 0 aromatic heterocycles. The van der Waals surface area contributed by atoms with Gasteiger partial charge in [0.25, 0.3) is 0 Å². The normalized spacial score (nSPS) is 18.7. The molecule has 6 heteroatoms. The smallest absolute Gasteiger partial charge is 0.310 e. The number of nitrogens with zero attached hydrogens (tertiary/aromatic N) is 1. The molecule has 1 atom stereocenters. The second-order valence-corrected chi connectivity index (χ2v) is 6.30. The average molecular weight is 369 g/mol. The zero-order valence-electron chi connectivity index (χ0n) is 12.7. The number of likely N-dealkylation sites (tertiary alicyclic amines) is 1. The van der Waals surface area contributed by atoms with Crippen LogP contribution >= 0.6 is 15.9 Å². The predicted molar refractivity (Wildman–Crippen MR) is 88.6 cm³/mol. The fourth-order valence-electron chi connectivity index (χ4n) is 2.59. The number of piperidine rings is 1. The third-order valence-corrected chi connectivity index (χ3v) is 4.15. The molecule has 0 radical (unpaired) electrons. The molecule has 1 saturated heterocycles. The third kappa shape index (κ3) is 5.10. The summed E-state index contributed by atoms with van der Waals surface area (Å²) in [4.78, 5) is 25.9. The second-order valence-electron chi connectivity index (χ2n) is 5.38. The van der Waals surface area contributed by atoms with Gasteiger partial charge < -0.3 is 10.1 Å². The molecule has 22 heavy (non-hydrogen) atoms. The zero-order valence-corrected chi connectivity index (χ0v) is 14.3. The van der Waals surface area contributed by atoms with Crippen molar-refractivity contribution < 1.29 is 14.3 Å². The Bertz CT molecular complexity index is 519. The lowest BCUT2D eigenvalue weighted by Gasteiger charge is -2.30. The van der Waals surface area contributed by atoms with E-state index in [2.05, 4.69) is 21.2 Å².